The molecule has 0 saturated heterocycles. The monoisotopic (exact) mass is 381 g/mol. The number of aryl methyl sites for hydroxylation is 1. The minimum atomic E-state index is -0.560. The Hall–Kier alpha value is -3.29. The van der Waals surface area contributed by atoms with Crippen molar-refractivity contribution in [3.63, 3.8) is 0 Å². The summed E-state index contributed by atoms with van der Waals surface area (Å²) in [5.74, 6) is 0.0700. The molecule has 8 heteroatoms. The SMILES string of the molecule is CCCCNC(=O)Cn1c(=O)c2cnc(-c3ccccc3)nc2n(CC)c1=O. The number of fused-ring (bicyclic) bond motifs is 1. The molecule has 146 valence electrons. The molecule has 2 heterocycles. The van der Waals surface area contributed by atoms with Crippen LogP contribution >= 0.6 is 0 Å². The number of unbranched alkanes of at least 4 members (excludes halogenated alkanes) is 1. The fourth-order valence-corrected chi connectivity index (χ4v) is 2.95. The molecule has 28 heavy (non-hydrogen) atoms. The van der Waals surface area contributed by atoms with E-state index in [2.05, 4.69) is 15.3 Å². The first-order chi connectivity index (χ1) is 13.6. The van der Waals surface area contributed by atoms with E-state index in [0.29, 0.717) is 18.9 Å². The molecule has 0 atom stereocenters. The Labute approximate surface area is 161 Å². The highest BCUT2D eigenvalue weighted by atomic mass is 16.2. The maximum atomic E-state index is 12.8. The Kier molecular flexibility index (Phi) is 5.98. The van der Waals surface area contributed by atoms with Gasteiger partial charge in [0, 0.05) is 24.8 Å². The average Bonchev–Trinajstić information content (AvgIpc) is 2.72. The summed E-state index contributed by atoms with van der Waals surface area (Å²) in [6, 6.07) is 9.33. The van der Waals surface area contributed by atoms with Gasteiger partial charge in [-0.05, 0) is 13.3 Å². The second-order valence-corrected chi connectivity index (χ2v) is 6.42. The van der Waals surface area contributed by atoms with E-state index >= 15 is 0 Å². The van der Waals surface area contributed by atoms with Crippen LogP contribution < -0.4 is 16.6 Å². The van der Waals surface area contributed by atoms with Crippen LogP contribution in [0.3, 0.4) is 0 Å². The third kappa shape index (κ3) is 3.85. The van der Waals surface area contributed by atoms with E-state index in [-0.39, 0.29) is 23.5 Å². The first-order valence-electron chi connectivity index (χ1n) is 9.39. The fraction of sp³-hybridized carbons (Fsp3) is 0.350. The summed E-state index contributed by atoms with van der Waals surface area (Å²) < 4.78 is 2.34. The van der Waals surface area contributed by atoms with Crippen LogP contribution in [0.15, 0.2) is 46.1 Å². The van der Waals surface area contributed by atoms with E-state index in [4.69, 9.17) is 0 Å². The Bertz CT molecular complexity index is 1100. The van der Waals surface area contributed by atoms with Crippen molar-refractivity contribution in [2.75, 3.05) is 6.54 Å². The number of hydrogen-bond donors (Lipinski definition) is 1. The van der Waals surface area contributed by atoms with Gasteiger partial charge in [0.05, 0.1) is 0 Å². The molecule has 0 fully saturated rings. The first-order valence-corrected chi connectivity index (χ1v) is 9.39. The molecule has 1 N–H and O–H groups in total. The van der Waals surface area contributed by atoms with Crippen LogP contribution in [-0.4, -0.2) is 31.6 Å². The van der Waals surface area contributed by atoms with Crippen molar-refractivity contribution < 1.29 is 4.79 Å². The molecule has 3 aromatic rings. The van der Waals surface area contributed by atoms with Gasteiger partial charge in [0.2, 0.25) is 5.91 Å². The van der Waals surface area contributed by atoms with Gasteiger partial charge in [-0.1, -0.05) is 43.7 Å². The Morgan fingerprint density at radius 1 is 1.11 bits per heavy atom. The zero-order chi connectivity index (χ0) is 20.1. The van der Waals surface area contributed by atoms with Crippen LogP contribution in [-0.2, 0) is 17.9 Å². The van der Waals surface area contributed by atoms with E-state index in [1.54, 1.807) is 6.92 Å². The summed E-state index contributed by atoms with van der Waals surface area (Å²) >= 11 is 0. The van der Waals surface area contributed by atoms with Gasteiger partial charge in [-0.25, -0.2) is 14.8 Å². The third-order valence-corrected chi connectivity index (χ3v) is 4.46. The number of carbonyl (C=O) groups is 1. The molecule has 2 aromatic heterocycles. The molecule has 1 aromatic carbocycles. The predicted molar refractivity (Wildman–Crippen MR) is 107 cm³/mol. The van der Waals surface area contributed by atoms with E-state index in [1.807, 2.05) is 37.3 Å². The molecule has 0 unspecified atom stereocenters. The van der Waals surface area contributed by atoms with Crippen molar-refractivity contribution in [2.24, 2.45) is 0 Å². The standard InChI is InChI=1S/C20H23N5O3/c1-3-5-11-21-16(26)13-25-19(27)15-12-22-17(14-9-7-6-8-10-14)23-18(15)24(4-2)20(25)28/h6-10,12H,3-5,11,13H2,1-2H3,(H,21,26). The number of rotatable bonds is 7. The van der Waals surface area contributed by atoms with Gasteiger partial charge in [-0.2, -0.15) is 0 Å². The second-order valence-electron chi connectivity index (χ2n) is 6.42. The van der Waals surface area contributed by atoms with Gasteiger partial charge < -0.3 is 5.32 Å². The molecular weight excluding hydrogens is 358 g/mol. The lowest BCUT2D eigenvalue weighted by molar-refractivity contribution is -0.121. The molecule has 3 rings (SSSR count). The quantitative estimate of drug-likeness (QED) is 0.626. The van der Waals surface area contributed by atoms with Crippen LogP contribution in [0.25, 0.3) is 22.4 Å². The second kappa shape index (κ2) is 8.60. The van der Waals surface area contributed by atoms with Gasteiger partial charge in [-0.3, -0.25) is 18.7 Å². The lowest BCUT2D eigenvalue weighted by Crippen LogP contribution is -2.44. The van der Waals surface area contributed by atoms with Crippen molar-refractivity contribution >= 4 is 16.9 Å². The molecular formula is C20H23N5O3. The fourth-order valence-electron chi connectivity index (χ4n) is 2.95. The van der Waals surface area contributed by atoms with Crippen LogP contribution in [0.5, 0.6) is 0 Å². The van der Waals surface area contributed by atoms with Crippen molar-refractivity contribution in [3.05, 3.63) is 57.4 Å². The molecule has 0 aliphatic rings. The van der Waals surface area contributed by atoms with Gasteiger partial charge in [-0.15, -0.1) is 0 Å². The molecule has 1 amide bonds. The Morgan fingerprint density at radius 3 is 2.54 bits per heavy atom. The largest absolute Gasteiger partial charge is 0.355 e. The first kappa shape index (κ1) is 19.5. The van der Waals surface area contributed by atoms with E-state index in [9.17, 15) is 14.4 Å². The van der Waals surface area contributed by atoms with Gasteiger partial charge in [0.15, 0.2) is 11.5 Å². The van der Waals surface area contributed by atoms with Gasteiger partial charge >= 0.3 is 5.69 Å². The summed E-state index contributed by atoms with van der Waals surface area (Å²) in [6.07, 6.45) is 3.21. The zero-order valence-electron chi connectivity index (χ0n) is 16.0. The van der Waals surface area contributed by atoms with E-state index in [0.717, 1.165) is 23.0 Å². The van der Waals surface area contributed by atoms with Gasteiger partial charge in [0.1, 0.15) is 11.9 Å². The lowest BCUT2D eigenvalue weighted by Gasteiger charge is -2.12. The number of nitrogens with one attached hydrogen (secondary N) is 1. The van der Waals surface area contributed by atoms with Crippen LogP contribution in [0.1, 0.15) is 26.7 Å². The molecule has 0 radical (unpaired) electrons. The maximum absolute atomic E-state index is 12.8. The van der Waals surface area contributed by atoms with Crippen molar-refractivity contribution in [1.82, 2.24) is 24.4 Å². The summed E-state index contributed by atoms with van der Waals surface area (Å²) in [5, 5.41) is 2.94. The van der Waals surface area contributed by atoms with Crippen LogP contribution in [0, 0.1) is 0 Å². The minimum absolute atomic E-state index is 0.211. The smallest absolute Gasteiger partial charge is 0.333 e. The van der Waals surface area contributed by atoms with Crippen LogP contribution in [0.4, 0.5) is 0 Å². The summed E-state index contributed by atoms with van der Waals surface area (Å²) in [6.45, 7) is 4.32. The molecule has 0 spiro atoms. The van der Waals surface area contributed by atoms with E-state index < -0.39 is 11.2 Å². The normalized spacial score (nSPS) is 10.9. The number of hydrogen-bond acceptors (Lipinski definition) is 5. The number of amides is 1. The maximum Gasteiger partial charge on any atom is 0.333 e. The molecule has 8 nitrogen and oxygen atoms in total. The molecule has 0 bridgehead atoms. The minimum Gasteiger partial charge on any atom is -0.355 e. The summed E-state index contributed by atoms with van der Waals surface area (Å²) in [4.78, 5) is 46.5. The topological polar surface area (TPSA) is 98.9 Å². The van der Waals surface area contributed by atoms with Crippen LogP contribution in [0.2, 0.25) is 0 Å². The van der Waals surface area contributed by atoms with Crippen molar-refractivity contribution in [1.29, 1.82) is 0 Å². The third-order valence-electron chi connectivity index (χ3n) is 4.46. The highest BCUT2D eigenvalue weighted by Crippen LogP contribution is 2.15. The lowest BCUT2D eigenvalue weighted by atomic mass is 10.2. The molecule has 0 aliphatic carbocycles. The van der Waals surface area contributed by atoms with E-state index in [1.165, 1.54) is 10.8 Å². The number of benzene rings is 1. The average molecular weight is 381 g/mol. The predicted octanol–water partition coefficient (Wildman–Crippen LogP) is 1.56. The van der Waals surface area contributed by atoms with Crippen molar-refractivity contribution in [2.45, 2.75) is 39.8 Å². The molecule has 0 saturated carbocycles. The highest BCUT2D eigenvalue weighted by Gasteiger charge is 2.17. The Morgan fingerprint density at radius 2 is 1.86 bits per heavy atom. The number of nitrogens with zero attached hydrogens (tertiary/aromatic N) is 4. The number of aromatic nitrogens is 4. The van der Waals surface area contributed by atoms with Crippen molar-refractivity contribution in [3.8, 4) is 11.4 Å². The number of carbonyl (C=O) groups excluding carboxylic acids is 1. The highest BCUT2D eigenvalue weighted by molar-refractivity contribution is 5.78. The summed E-state index contributed by atoms with van der Waals surface area (Å²) in [7, 11) is 0. The molecule has 0 aliphatic heterocycles. The van der Waals surface area contributed by atoms with Gasteiger partial charge in [0.25, 0.3) is 5.56 Å². The Balaban J connectivity index is 2.07. The zero-order valence-corrected chi connectivity index (χ0v) is 16.0. The summed E-state index contributed by atoms with van der Waals surface area (Å²) in [5.41, 5.74) is -0.0497.